The van der Waals surface area contributed by atoms with E-state index in [1.165, 1.54) is 32.2 Å². The molecule has 2 aliphatic rings. The van der Waals surface area contributed by atoms with Crippen LogP contribution in [0.15, 0.2) is 0 Å². The normalized spacial score (nSPS) is 29.3. The topological polar surface area (TPSA) is 24.1 Å². The Morgan fingerprint density at radius 2 is 1.67 bits per heavy atom. The molecule has 3 heteroatoms. The maximum Gasteiger partial charge on any atom is 0.0461 e. The van der Waals surface area contributed by atoms with Crippen LogP contribution in [0.2, 0.25) is 0 Å². The molecule has 0 aromatic heterocycles. The largest absolute Gasteiger partial charge is 0.255 e. The fourth-order valence-electron chi connectivity index (χ4n) is 1.69. The van der Waals surface area contributed by atoms with Crippen molar-refractivity contribution in [3.05, 3.63) is 0 Å². The number of nitrogens with one attached hydrogen (secondary N) is 2. The van der Waals surface area contributed by atoms with Gasteiger partial charge in [0.25, 0.3) is 0 Å². The van der Waals surface area contributed by atoms with Crippen LogP contribution in [0.4, 0.5) is 0 Å². The van der Waals surface area contributed by atoms with Crippen LogP contribution in [0.1, 0.15) is 25.7 Å². The van der Waals surface area contributed by atoms with Crippen LogP contribution in [0.3, 0.4) is 0 Å². The lowest BCUT2D eigenvalue weighted by Crippen LogP contribution is -2.68. The molecule has 1 heterocycles. The van der Waals surface area contributed by atoms with E-state index in [1.807, 2.05) is 0 Å². The van der Waals surface area contributed by atoms with E-state index >= 15 is 0 Å². The second-order valence-corrected chi connectivity index (χ2v) is 2.97. The Hall–Kier alpha value is 0.210. The Morgan fingerprint density at radius 3 is 1.89 bits per heavy atom. The minimum Gasteiger partial charge on any atom is -0.255 e. The van der Waals surface area contributed by atoms with Gasteiger partial charge in [0.2, 0.25) is 0 Å². The molecule has 0 aromatic rings. The third-order valence-corrected chi connectivity index (χ3v) is 2.34. The fraction of sp³-hybridized carbons (Fsp3) is 1.00. The zero-order chi connectivity index (χ0) is 5.45. The van der Waals surface area contributed by atoms with Crippen molar-refractivity contribution in [1.82, 2.24) is 10.9 Å². The Labute approximate surface area is 61.8 Å². The van der Waals surface area contributed by atoms with E-state index in [1.54, 1.807) is 0 Å². The summed E-state index contributed by atoms with van der Waals surface area (Å²) >= 11 is 0. The summed E-state index contributed by atoms with van der Waals surface area (Å²) in [6.07, 6.45) is 5.63. The number of rotatable bonds is 0. The summed E-state index contributed by atoms with van der Waals surface area (Å²) in [5.41, 5.74) is 6.92. The highest BCUT2D eigenvalue weighted by Crippen LogP contribution is 2.31. The van der Waals surface area contributed by atoms with E-state index in [-0.39, 0.29) is 12.4 Å². The van der Waals surface area contributed by atoms with Gasteiger partial charge >= 0.3 is 0 Å². The van der Waals surface area contributed by atoms with Crippen LogP contribution in [-0.4, -0.2) is 12.1 Å². The van der Waals surface area contributed by atoms with E-state index in [0.29, 0.717) is 5.54 Å². The van der Waals surface area contributed by atoms with Gasteiger partial charge in [-0.25, -0.2) is 0 Å². The zero-order valence-corrected chi connectivity index (χ0v) is 6.26. The molecule has 2 fully saturated rings. The highest BCUT2D eigenvalue weighted by atomic mass is 35.5. The molecule has 54 valence electrons. The molecule has 1 spiro atoms. The molecule has 0 amide bonds. The molecule has 1 aliphatic carbocycles. The summed E-state index contributed by atoms with van der Waals surface area (Å²) in [5, 5.41) is 0. The predicted molar refractivity (Wildman–Crippen MR) is 39.6 cm³/mol. The first-order valence-corrected chi connectivity index (χ1v) is 3.41. The van der Waals surface area contributed by atoms with E-state index in [9.17, 15) is 0 Å². The van der Waals surface area contributed by atoms with Crippen molar-refractivity contribution in [2.75, 3.05) is 6.54 Å². The predicted octanol–water partition coefficient (Wildman–Crippen LogP) is 0.829. The second kappa shape index (κ2) is 2.45. The molecule has 0 unspecified atom stereocenters. The quantitative estimate of drug-likeness (QED) is 0.532. The van der Waals surface area contributed by atoms with Crippen LogP contribution in [-0.2, 0) is 0 Å². The van der Waals surface area contributed by atoms with Crippen molar-refractivity contribution in [2.24, 2.45) is 0 Å². The van der Waals surface area contributed by atoms with Gasteiger partial charge < -0.3 is 0 Å². The van der Waals surface area contributed by atoms with E-state index in [0.717, 1.165) is 0 Å². The lowest BCUT2D eigenvalue weighted by atomic mass is 9.96. The molecule has 1 saturated carbocycles. The van der Waals surface area contributed by atoms with Crippen molar-refractivity contribution in [3.8, 4) is 0 Å². The zero-order valence-electron chi connectivity index (χ0n) is 5.44. The maximum atomic E-state index is 3.27. The molecule has 0 atom stereocenters. The van der Waals surface area contributed by atoms with Gasteiger partial charge in [0.15, 0.2) is 0 Å². The highest BCUT2D eigenvalue weighted by molar-refractivity contribution is 5.85. The van der Waals surface area contributed by atoms with E-state index in [2.05, 4.69) is 10.9 Å². The van der Waals surface area contributed by atoms with Gasteiger partial charge in [-0.3, -0.25) is 10.9 Å². The highest BCUT2D eigenvalue weighted by Gasteiger charge is 2.38. The third kappa shape index (κ3) is 1.07. The first kappa shape index (κ1) is 7.32. The number of halogens is 1. The van der Waals surface area contributed by atoms with Gasteiger partial charge in [-0.1, -0.05) is 12.8 Å². The summed E-state index contributed by atoms with van der Waals surface area (Å²) in [7, 11) is 0. The lowest BCUT2D eigenvalue weighted by Gasteiger charge is -2.40. The molecule has 1 aliphatic heterocycles. The number of hydrogen-bond donors (Lipinski definition) is 2. The average Bonchev–Trinajstić information content (AvgIpc) is 2.07. The summed E-state index contributed by atoms with van der Waals surface area (Å²) in [4.78, 5) is 0. The van der Waals surface area contributed by atoms with Gasteiger partial charge in [0.1, 0.15) is 0 Å². The maximum absolute atomic E-state index is 3.27. The summed E-state index contributed by atoms with van der Waals surface area (Å²) in [6, 6.07) is 0. The molecular weight excluding hydrogens is 136 g/mol. The molecule has 2 N–H and O–H groups in total. The SMILES string of the molecule is C1CCC2(C1)CNN2.Cl. The van der Waals surface area contributed by atoms with Gasteiger partial charge in [0.05, 0.1) is 0 Å². The van der Waals surface area contributed by atoms with Gasteiger partial charge in [-0.15, -0.1) is 12.4 Å². The Kier molecular flexibility index (Phi) is 1.99. The van der Waals surface area contributed by atoms with Crippen molar-refractivity contribution in [3.63, 3.8) is 0 Å². The minimum absolute atomic E-state index is 0. The summed E-state index contributed by atoms with van der Waals surface area (Å²) in [5.74, 6) is 0. The molecule has 0 aromatic carbocycles. The average molecular weight is 149 g/mol. The van der Waals surface area contributed by atoms with Gasteiger partial charge in [-0.2, -0.15) is 0 Å². The Morgan fingerprint density at radius 1 is 1.11 bits per heavy atom. The Balaban J connectivity index is 0.000000405. The van der Waals surface area contributed by atoms with Crippen LogP contribution < -0.4 is 10.9 Å². The molecular formula is C6H13ClN2. The smallest absolute Gasteiger partial charge is 0.0461 e. The van der Waals surface area contributed by atoms with Crippen molar-refractivity contribution in [2.45, 2.75) is 31.2 Å². The van der Waals surface area contributed by atoms with Crippen molar-refractivity contribution < 1.29 is 0 Å². The summed E-state index contributed by atoms with van der Waals surface area (Å²) < 4.78 is 0. The molecule has 2 nitrogen and oxygen atoms in total. The van der Waals surface area contributed by atoms with Gasteiger partial charge in [0, 0.05) is 12.1 Å². The monoisotopic (exact) mass is 148 g/mol. The molecule has 2 rings (SSSR count). The Bertz CT molecular complexity index is 93.2. The first-order chi connectivity index (χ1) is 3.91. The number of hydrazine groups is 1. The molecule has 9 heavy (non-hydrogen) atoms. The van der Waals surface area contributed by atoms with E-state index in [4.69, 9.17) is 0 Å². The molecule has 0 radical (unpaired) electrons. The summed E-state index contributed by atoms with van der Waals surface area (Å²) in [6.45, 7) is 1.20. The van der Waals surface area contributed by atoms with Crippen LogP contribution in [0.5, 0.6) is 0 Å². The minimum atomic E-state index is 0. The van der Waals surface area contributed by atoms with Gasteiger partial charge in [-0.05, 0) is 12.8 Å². The first-order valence-electron chi connectivity index (χ1n) is 3.41. The number of hydrogen-bond acceptors (Lipinski definition) is 2. The van der Waals surface area contributed by atoms with Crippen LogP contribution >= 0.6 is 12.4 Å². The molecule has 0 bridgehead atoms. The standard InChI is InChI=1S/C6H12N2.ClH/c1-2-4-6(3-1)5-7-8-6;/h7-8H,1-5H2;1H. The molecule has 1 saturated heterocycles. The van der Waals surface area contributed by atoms with Crippen molar-refractivity contribution in [1.29, 1.82) is 0 Å². The third-order valence-electron chi connectivity index (χ3n) is 2.34. The van der Waals surface area contributed by atoms with Crippen LogP contribution in [0, 0.1) is 0 Å². The van der Waals surface area contributed by atoms with E-state index < -0.39 is 0 Å². The fourth-order valence-corrected chi connectivity index (χ4v) is 1.69. The van der Waals surface area contributed by atoms with Crippen LogP contribution in [0.25, 0.3) is 0 Å². The lowest BCUT2D eigenvalue weighted by molar-refractivity contribution is 0.168. The second-order valence-electron chi connectivity index (χ2n) is 2.97. The van der Waals surface area contributed by atoms with Crippen molar-refractivity contribution >= 4 is 12.4 Å².